The Hall–Kier alpha value is -2.46. The van der Waals surface area contributed by atoms with Crippen molar-refractivity contribution >= 4 is 0 Å². The van der Waals surface area contributed by atoms with Crippen LogP contribution < -0.4 is 20.9 Å². The lowest BCUT2D eigenvalue weighted by Gasteiger charge is -2.37. The Bertz CT molecular complexity index is 916. The van der Waals surface area contributed by atoms with Crippen LogP contribution in [0.3, 0.4) is 0 Å². The van der Waals surface area contributed by atoms with E-state index in [0.29, 0.717) is 18.5 Å². The predicted molar refractivity (Wildman–Crippen MR) is 114 cm³/mol. The van der Waals surface area contributed by atoms with E-state index in [1.807, 2.05) is 32.2 Å². The highest BCUT2D eigenvalue weighted by molar-refractivity contribution is 5.38. The summed E-state index contributed by atoms with van der Waals surface area (Å²) in [7, 11) is 3.51. The zero-order valence-electron chi connectivity index (χ0n) is 17.7. The Morgan fingerprint density at radius 3 is 2.60 bits per heavy atom. The van der Waals surface area contributed by atoms with Crippen LogP contribution in [-0.2, 0) is 6.54 Å². The van der Waals surface area contributed by atoms with Crippen molar-refractivity contribution in [2.45, 2.75) is 44.3 Å². The largest absolute Gasteiger partial charge is 0.497 e. The fourth-order valence-electron chi connectivity index (χ4n) is 5.28. The smallest absolute Gasteiger partial charge is 0.127 e. The number of halogens is 1. The summed E-state index contributed by atoms with van der Waals surface area (Å²) in [4.78, 5) is 0. The number of hydrazine groups is 1. The average Bonchev–Trinajstić information content (AvgIpc) is 3.16. The van der Waals surface area contributed by atoms with E-state index in [-0.39, 0.29) is 35.7 Å². The highest BCUT2D eigenvalue weighted by Gasteiger charge is 2.46. The Balaban J connectivity index is 1.64. The number of hydrogen-bond acceptors (Lipinski definition) is 5. The minimum Gasteiger partial charge on any atom is -0.497 e. The number of ether oxygens (including phenoxy) is 1. The number of nitrogens with zero attached hydrogens (tertiary/aromatic N) is 1. The SMILES string of the molecule is CNCc1cc(C)c(C2CC3C(CC2C#N)NNC3c2ccc(OC)cc2)c(F)c1. The molecule has 2 aromatic carbocycles. The topological polar surface area (TPSA) is 69.1 Å². The van der Waals surface area contributed by atoms with Gasteiger partial charge in [-0.2, -0.15) is 5.26 Å². The van der Waals surface area contributed by atoms with Gasteiger partial charge in [-0.15, -0.1) is 0 Å². The lowest BCUT2D eigenvalue weighted by Crippen LogP contribution is -2.39. The van der Waals surface area contributed by atoms with Crippen molar-refractivity contribution in [1.29, 1.82) is 5.26 Å². The summed E-state index contributed by atoms with van der Waals surface area (Å²) in [5, 5.41) is 12.9. The van der Waals surface area contributed by atoms with Crippen molar-refractivity contribution < 1.29 is 9.13 Å². The maximum atomic E-state index is 15.2. The van der Waals surface area contributed by atoms with Crippen LogP contribution in [0.1, 0.15) is 47.1 Å². The van der Waals surface area contributed by atoms with E-state index in [4.69, 9.17) is 4.74 Å². The van der Waals surface area contributed by atoms with Gasteiger partial charge < -0.3 is 10.1 Å². The van der Waals surface area contributed by atoms with Crippen LogP contribution in [0.25, 0.3) is 0 Å². The van der Waals surface area contributed by atoms with Crippen molar-refractivity contribution in [2.24, 2.45) is 11.8 Å². The minimum atomic E-state index is -0.210. The van der Waals surface area contributed by atoms with Crippen molar-refractivity contribution in [3.63, 3.8) is 0 Å². The van der Waals surface area contributed by atoms with Gasteiger partial charge in [-0.3, -0.25) is 5.43 Å². The molecule has 1 saturated heterocycles. The van der Waals surface area contributed by atoms with E-state index in [2.05, 4.69) is 34.4 Å². The first-order valence-corrected chi connectivity index (χ1v) is 10.5. The molecule has 30 heavy (non-hydrogen) atoms. The molecule has 0 aromatic heterocycles. The van der Waals surface area contributed by atoms with Gasteiger partial charge in [-0.1, -0.05) is 18.2 Å². The molecule has 1 saturated carbocycles. The Morgan fingerprint density at radius 1 is 1.20 bits per heavy atom. The Kier molecular flexibility index (Phi) is 6.05. The number of nitriles is 1. The molecule has 0 spiro atoms. The normalized spacial score (nSPS) is 28.0. The number of aryl methyl sites for hydroxylation is 1. The van der Waals surface area contributed by atoms with Crippen molar-refractivity contribution in [2.75, 3.05) is 14.2 Å². The summed E-state index contributed by atoms with van der Waals surface area (Å²) in [5.41, 5.74) is 10.6. The molecule has 158 valence electrons. The van der Waals surface area contributed by atoms with E-state index < -0.39 is 0 Å². The van der Waals surface area contributed by atoms with Crippen molar-refractivity contribution in [3.05, 3.63) is 64.5 Å². The third-order valence-electron chi connectivity index (χ3n) is 6.68. The van der Waals surface area contributed by atoms with E-state index in [1.165, 1.54) is 5.56 Å². The fraction of sp³-hybridized carbons (Fsp3) is 0.458. The molecule has 6 heteroatoms. The Labute approximate surface area is 177 Å². The summed E-state index contributed by atoms with van der Waals surface area (Å²) >= 11 is 0. The molecule has 4 rings (SSSR count). The van der Waals surface area contributed by atoms with Crippen LogP contribution in [0.4, 0.5) is 4.39 Å². The van der Waals surface area contributed by atoms with Crippen LogP contribution in [0.15, 0.2) is 36.4 Å². The van der Waals surface area contributed by atoms with Gasteiger partial charge in [0.05, 0.1) is 25.1 Å². The molecule has 2 aromatic rings. The van der Waals surface area contributed by atoms with Gasteiger partial charge in [0.15, 0.2) is 0 Å². The van der Waals surface area contributed by atoms with Crippen LogP contribution >= 0.6 is 0 Å². The van der Waals surface area contributed by atoms with Crippen molar-refractivity contribution in [1.82, 2.24) is 16.2 Å². The lowest BCUT2D eigenvalue weighted by molar-refractivity contribution is 0.234. The Morgan fingerprint density at radius 2 is 1.97 bits per heavy atom. The molecule has 0 radical (unpaired) electrons. The molecule has 2 aliphatic rings. The predicted octanol–water partition coefficient (Wildman–Crippen LogP) is 3.71. The second-order valence-electron chi connectivity index (χ2n) is 8.46. The molecule has 0 amide bonds. The molecule has 5 atom stereocenters. The van der Waals surface area contributed by atoms with Crippen LogP contribution in [0.5, 0.6) is 5.75 Å². The highest BCUT2D eigenvalue weighted by atomic mass is 19.1. The summed E-state index contributed by atoms with van der Waals surface area (Å²) in [6.45, 7) is 2.59. The van der Waals surface area contributed by atoms with Gasteiger partial charge in [0.2, 0.25) is 0 Å². The summed E-state index contributed by atoms with van der Waals surface area (Å²) in [6.07, 6.45) is 1.48. The van der Waals surface area contributed by atoms with Gasteiger partial charge in [0.25, 0.3) is 0 Å². The standard InChI is InChI=1S/C24H29FN4O/c1-14-8-15(13-27-2)9-21(25)23(14)19-11-20-22(10-17(19)12-26)28-29-24(20)16-4-6-18(30-3)7-5-16/h4-9,17,19-20,22,24,27-29H,10-11,13H2,1-3H3. The first-order chi connectivity index (χ1) is 14.5. The lowest BCUT2D eigenvalue weighted by atomic mass is 9.66. The fourth-order valence-corrected chi connectivity index (χ4v) is 5.28. The number of methoxy groups -OCH3 is 1. The third-order valence-corrected chi connectivity index (χ3v) is 6.68. The summed E-state index contributed by atoms with van der Waals surface area (Å²) in [5.74, 6) is 0.597. The number of rotatable bonds is 5. The van der Waals surface area contributed by atoms with E-state index in [0.717, 1.165) is 23.3 Å². The van der Waals surface area contributed by atoms with Gasteiger partial charge in [-0.25, -0.2) is 9.82 Å². The molecule has 1 aliphatic carbocycles. The zero-order chi connectivity index (χ0) is 21.3. The number of benzene rings is 2. The number of hydrogen-bond donors (Lipinski definition) is 3. The molecular weight excluding hydrogens is 379 g/mol. The third kappa shape index (κ3) is 3.81. The van der Waals surface area contributed by atoms with E-state index >= 15 is 4.39 Å². The maximum absolute atomic E-state index is 15.2. The minimum absolute atomic E-state index is 0.109. The summed E-state index contributed by atoms with van der Waals surface area (Å²) in [6, 6.07) is 14.5. The number of fused-ring (bicyclic) bond motifs is 1. The van der Waals surface area contributed by atoms with Crippen LogP contribution in [-0.4, -0.2) is 20.2 Å². The van der Waals surface area contributed by atoms with Gasteiger partial charge >= 0.3 is 0 Å². The van der Waals surface area contributed by atoms with Crippen LogP contribution in [0, 0.1) is 35.9 Å². The van der Waals surface area contributed by atoms with E-state index in [9.17, 15) is 5.26 Å². The molecular formula is C24H29FN4O. The molecule has 1 aliphatic heterocycles. The molecule has 2 fully saturated rings. The molecule has 1 heterocycles. The van der Waals surface area contributed by atoms with Crippen molar-refractivity contribution in [3.8, 4) is 11.8 Å². The quantitative estimate of drug-likeness (QED) is 0.704. The average molecular weight is 409 g/mol. The maximum Gasteiger partial charge on any atom is 0.127 e. The van der Waals surface area contributed by atoms with Gasteiger partial charge in [0, 0.05) is 18.5 Å². The first-order valence-electron chi connectivity index (χ1n) is 10.5. The van der Waals surface area contributed by atoms with Crippen LogP contribution in [0.2, 0.25) is 0 Å². The molecule has 5 unspecified atom stereocenters. The summed E-state index contributed by atoms with van der Waals surface area (Å²) < 4.78 is 20.5. The monoisotopic (exact) mass is 408 g/mol. The van der Waals surface area contributed by atoms with Gasteiger partial charge in [0.1, 0.15) is 11.6 Å². The molecule has 5 nitrogen and oxygen atoms in total. The highest BCUT2D eigenvalue weighted by Crippen LogP contribution is 2.48. The second kappa shape index (κ2) is 8.73. The van der Waals surface area contributed by atoms with Gasteiger partial charge in [-0.05, 0) is 73.2 Å². The number of nitrogens with one attached hydrogen (secondary N) is 3. The molecule has 3 N–H and O–H groups in total. The zero-order valence-corrected chi connectivity index (χ0v) is 17.7. The first kappa shape index (κ1) is 20.8. The second-order valence-corrected chi connectivity index (χ2v) is 8.46. The molecule has 0 bridgehead atoms. The van der Waals surface area contributed by atoms with E-state index in [1.54, 1.807) is 13.2 Å².